The van der Waals surface area contributed by atoms with Crippen LogP contribution in [0, 0.1) is 6.92 Å². The van der Waals surface area contributed by atoms with E-state index < -0.39 is 0 Å². The molecule has 0 aliphatic rings. The van der Waals surface area contributed by atoms with Crippen LogP contribution in [0.15, 0.2) is 24.3 Å². The van der Waals surface area contributed by atoms with Gasteiger partial charge in [-0.25, -0.2) is 0 Å². The molecule has 3 heteroatoms. The first-order valence-corrected chi connectivity index (χ1v) is 5.07. The van der Waals surface area contributed by atoms with E-state index in [1.165, 1.54) is 0 Å². The third-order valence-electron chi connectivity index (χ3n) is 3.02. The molecule has 3 nitrogen and oxygen atoms in total. The minimum atomic E-state index is -0.295. The Labute approximate surface area is 89.1 Å². The molecule has 1 aromatic heterocycles. The van der Waals surface area contributed by atoms with Gasteiger partial charge >= 0.3 is 0 Å². The molecular formula is C12H16N2O. The Hall–Kier alpha value is -1.32. The number of para-hydroxylation sites is 1. The third kappa shape index (κ3) is 1.44. The zero-order valence-electron chi connectivity index (χ0n) is 9.07. The van der Waals surface area contributed by atoms with Crippen LogP contribution >= 0.6 is 0 Å². The van der Waals surface area contributed by atoms with Crippen LogP contribution in [0.3, 0.4) is 0 Å². The third-order valence-corrected chi connectivity index (χ3v) is 3.02. The fourth-order valence-corrected chi connectivity index (χ4v) is 2.11. The topological polar surface area (TPSA) is 51.2 Å². The maximum absolute atomic E-state index is 9.15. The van der Waals surface area contributed by atoms with E-state index in [0.29, 0.717) is 0 Å². The first kappa shape index (κ1) is 10.2. The number of nitrogens with zero attached hydrogens (tertiary/aromatic N) is 1. The molecule has 0 aliphatic heterocycles. The predicted molar refractivity (Wildman–Crippen MR) is 61.7 cm³/mol. The standard InChI is InChI=1S/C12H16N2O/c1-8-12(10(13)7-15)9-5-3-4-6-11(9)14(8)2/h3-6,10,15H,7,13H2,1-2H3/t10-/m0/s1. The maximum Gasteiger partial charge on any atom is 0.0625 e. The van der Waals surface area contributed by atoms with Crippen molar-refractivity contribution in [2.75, 3.05) is 6.61 Å². The molecule has 0 saturated carbocycles. The van der Waals surface area contributed by atoms with Gasteiger partial charge in [-0.05, 0) is 18.6 Å². The molecule has 0 radical (unpaired) electrons. The molecule has 0 spiro atoms. The van der Waals surface area contributed by atoms with Gasteiger partial charge in [0.1, 0.15) is 0 Å². The summed E-state index contributed by atoms with van der Waals surface area (Å²) >= 11 is 0. The van der Waals surface area contributed by atoms with E-state index in [9.17, 15) is 0 Å². The molecule has 1 atom stereocenters. The fourth-order valence-electron chi connectivity index (χ4n) is 2.11. The minimum Gasteiger partial charge on any atom is -0.394 e. The summed E-state index contributed by atoms with van der Waals surface area (Å²) in [6.45, 7) is 2.01. The summed E-state index contributed by atoms with van der Waals surface area (Å²) in [5.74, 6) is 0. The molecule has 0 fully saturated rings. The number of aryl methyl sites for hydroxylation is 1. The van der Waals surface area contributed by atoms with Crippen molar-refractivity contribution in [1.82, 2.24) is 4.57 Å². The molecule has 2 aromatic rings. The molecule has 15 heavy (non-hydrogen) atoms. The lowest BCUT2D eigenvalue weighted by Gasteiger charge is -2.08. The number of aliphatic hydroxyl groups is 1. The van der Waals surface area contributed by atoms with Crippen LogP contribution < -0.4 is 5.73 Å². The molecule has 3 N–H and O–H groups in total. The van der Waals surface area contributed by atoms with Crippen molar-refractivity contribution >= 4 is 10.9 Å². The molecular weight excluding hydrogens is 188 g/mol. The molecule has 0 amide bonds. The lowest BCUT2D eigenvalue weighted by atomic mass is 10.0. The molecule has 80 valence electrons. The van der Waals surface area contributed by atoms with Gasteiger partial charge in [-0.3, -0.25) is 0 Å². The molecule has 2 rings (SSSR count). The fraction of sp³-hybridized carbons (Fsp3) is 0.333. The Balaban J connectivity index is 2.77. The predicted octanol–water partition coefficient (Wildman–Crippen LogP) is 1.48. The van der Waals surface area contributed by atoms with Crippen LogP contribution in [0.1, 0.15) is 17.3 Å². The van der Waals surface area contributed by atoms with E-state index in [1.807, 2.05) is 32.2 Å². The second kappa shape index (κ2) is 3.68. The van der Waals surface area contributed by atoms with Crippen molar-refractivity contribution in [1.29, 1.82) is 0 Å². The Morgan fingerprint density at radius 2 is 2.07 bits per heavy atom. The number of nitrogens with two attached hydrogens (primary N) is 1. The zero-order valence-corrected chi connectivity index (χ0v) is 9.07. The Kier molecular flexibility index (Phi) is 2.50. The highest BCUT2D eigenvalue weighted by Crippen LogP contribution is 2.28. The van der Waals surface area contributed by atoms with E-state index in [-0.39, 0.29) is 12.6 Å². The van der Waals surface area contributed by atoms with Gasteiger partial charge in [-0.1, -0.05) is 18.2 Å². The van der Waals surface area contributed by atoms with Crippen LogP contribution in [0.2, 0.25) is 0 Å². The van der Waals surface area contributed by atoms with Crippen molar-refractivity contribution in [2.45, 2.75) is 13.0 Å². The van der Waals surface area contributed by atoms with Crippen molar-refractivity contribution < 1.29 is 5.11 Å². The lowest BCUT2D eigenvalue weighted by molar-refractivity contribution is 0.268. The molecule has 1 aromatic carbocycles. The van der Waals surface area contributed by atoms with Crippen molar-refractivity contribution in [3.8, 4) is 0 Å². The SMILES string of the molecule is Cc1c([C@@H](N)CO)c2ccccc2n1C. The van der Waals surface area contributed by atoms with Gasteiger partial charge in [0, 0.05) is 23.6 Å². The maximum atomic E-state index is 9.15. The Morgan fingerprint density at radius 3 is 2.73 bits per heavy atom. The average molecular weight is 204 g/mol. The number of aliphatic hydroxyl groups excluding tert-OH is 1. The minimum absolute atomic E-state index is 0.0190. The number of fused-ring (bicyclic) bond motifs is 1. The van der Waals surface area contributed by atoms with Gasteiger partial charge in [-0.2, -0.15) is 0 Å². The Morgan fingerprint density at radius 1 is 1.40 bits per heavy atom. The van der Waals surface area contributed by atoms with Gasteiger partial charge in [0.15, 0.2) is 0 Å². The second-order valence-corrected chi connectivity index (χ2v) is 3.86. The smallest absolute Gasteiger partial charge is 0.0625 e. The van der Waals surface area contributed by atoms with Crippen LogP contribution in [0.4, 0.5) is 0 Å². The second-order valence-electron chi connectivity index (χ2n) is 3.86. The molecule has 0 aliphatic carbocycles. The Bertz CT molecular complexity index is 488. The van der Waals surface area contributed by atoms with Crippen LogP contribution in [-0.2, 0) is 7.05 Å². The summed E-state index contributed by atoms with van der Waals surface area (Å²) < 4.78 is 2.11. The van der Waals surface area contributed by atoms with Crippen molar-refractivity contribution in [2.24, 2.45) is 12.8 Å². The van der Waals surface area contributed by atoms with Crippen LogP contribution in [-0.4, -0.2) is 16.3 Å². The van der Waals surface area contributed by atoms with Gasteiger partial charge in [0.2, 0.25) is 0 Å². The largest absolute Gasteiger partial charge is 0.394 e. The van der Waals surface area contributed by atoms with Crippen molar-refractivity contribution in [3.63, 3.8) is 0 Å². The zero-order chi connectivity index (χ0) is 11.0. The molecule has 0 bridgehead atoms. The number of aromatic nitrogens is 1. The molecule has 0 unspecified atom stereocenters. The summed E-state index contributed by atoms with van der Waals surface area (Å²) in [5.41, 5.74) is 9.25. The first-order valence-electron chi connectivity index (χ1n) is 5.07. The van der Waals surface area contributed by atoms with Gasteiger partial charge in [0.25, 0.3) is 0 Å². The number of hydrogen-bond donors (Lipinski definition) is 2. The number of rotatable bonds is 2. The van der Waals surface area contributed by atoms with Crippen molar-refractivity contribution in [3.05, 3.63) is 35.5 Å². The monoisotopic (exact) mass is 204 g/mol. The highest BCUT2D eigenvalue weighted by atomic mass is 16.3. The van der Waals surface area contributed by atoms with E-state index in [4.69, 9.17) is 10.8 Å². The van der Waals surface area contributed by atoms with E-state index in [0.717, 1.165) is 22.2 Å². The highest BCUT2D eigenvalue weighted by molar-refractivity contribution is 5.85. The van der Waals surface area contributed by atoms with Gasteiger partial charge < -0.3 is 15.4 Å². The lowest BCUT2D eigenvalue weighted by Crippen LogP contribution is -2.15. The summed E-state index contributed by atoms with van der Waals surface area (Å²) in [4.78, 5) is 0. The highest BCUT2D eigenvalue weighted by Gasteiger charge is 2.16. The van der Waals surface area contributed by atoms with E-state index in [2.05, 4.69) is 10.6 Å². The summed E-state index contributed by atoms with van der Waals surface area (Å²) in [6.07, 6.45) is 0. The quantitative estimate of drug-likeness (QED) is 0.778. The average Bonchev–Trinajstić information content (AvgIpc) is 2.52. The summed E-state index contributed by atoms with van der Waals surface area (Å²) in [6, 6.07) is 7.82. The van der Waals surface area contributed by atoms with Crippen LogP contribution in [0.5, 0.6) is 0 Å². The van der Waals surface area contributed by atoms with Gasteiger partial charge in [0.05, 0.1) is 12.6 Å². The molecule has 0 saturated heterocycles. The number of hydrogen-bond acceptors (Lipinski definition) is 2. The normalized spacial score (nSPS) is 13.3. The number of benzene rings is 1. The van der Waals surface area contributed by atoms with E-state index in [1.54, 1.807) is 0 Å². The van der Waals surface area contributed by atoms with E-state index >= 15 is 0 Å². The first-order chi connectivity index (χ1) is 7.16. The summed E-state index contributed by atoms with van der Waals surface area (Å²) in [7, 11) is 2.02. The summed E-state index contributed by atoms with van der Waals surface area (Å²) in [5, 5.41) is 10.3. The molecule has 1 heterocycles. The van der Waals surface area contributed by atoms with Crippen LogP contribution in [0.25, 0.3) is 10.9 Å². The van der Waals surface area contributed by atoms with Gasteiger partial charge in [-0.15, -0.1) is 0 Å².